The van der Waals surface area contributed by atoms with Crippen molar-refractivity contribution < 1.29 is 5.11 Å². The first-order chi connectivity index (χ1) is 8.48. The Morgan fingerprint density at radius 2 is 2.06 bits per heavy atom. The molecule has 0 aliphatic heterocycles. The molecular weight excluding hydrogens is 228 g/mol. The van der Waals surface area contributed by atoms with E-state index in [9.17, 15) is 5.11 Å². The van der Waals surface area contributed by atoms with Gasteiger partial charge in [-0.25, -0.2) is 15.0 Å². The zero-order valence-corrected chi connectivity index (χ0v) is 10.9. The third-order valence-corrected chi connectivity index (χ3v) is 2.87. The predicted molar refractivity (Wildman–Crippen MR) is 71.3 cm³/mol. The maximum absolute atomic E-state index is 10.00. The number of hydrogen-bond acceptors (Lipinski definition) is 5. The molecule has 0 aromatic carbocycles. The Hall–Kier alpha value is -1.75. The number of nitrogens with one attached hydrogen (secondary N) is 1. The third kappa shape index (κ3) is 2.73. The monoisotopic (exact) mass is 246 g/mol. The lowest BCUT2D eigenvalue weighted by atomic mass is 9.89. The van der Waals surface area contributed by atoms with E-state index in [1.54, 1.807) is 6.20 Å². The topological polar surface area (TPSA) is 70.9 Å². The van der Waals surface area contributed by atoms with Crippen LogP contribution in [0.1, 0.15) is 20.8 Å². The third-order valence-electron chi connectivity index (χ3n) is 2.87. The predicted octanol–water partition coefficient (Wildman–Crippen LogP) is 1.84. The van der Waals surface area contributed by atoms with Gasteiger partial charge in [-0.05, 0) is 17.5 Å². The molecule has 0 fully saturated rings. The summed E-state index contributed by atoms with van der Waals surface area (Å²) in [6.07, 6.45) is 2.73. The molecule has 0 saturated heterocycles. The highest BCUT2D eigenvalue weighted by Crippen LogP contribution is 2.21. The first-order valence-corrected chi connectivity index (χ1v) is 5.96. The number of aliphatic hydroxyl groups excluding tert-OH is 1. The Morgan fingerprint density at radius 3 is 2.78 bits per heavy atom. The molecule has 5 nitrogen and oxygen atoms in total. The maximum atomic E-state index is 10.00. The number of aliphatic hydroxyl groups is 1. The molecule has 0 aliphatic carbocycles. The Kier molecular flexibility index (Phi) is 3.43. The Balaban J connectivity index is 2.18. The molecule has 0 amide bonds. The van der Waals surface area contributed by atoms with E-state index >= 15 is 0 Å². The zero-order chi connectivity index (χ0) is 13.2. The molecule has 2 aromatic heterocycles. The number of pyridine rings is 1. The highest BCUT2D eigenvalue weighted by molar-refractivity contribution is 5.85. The van der Waals surface area contributed by atoms with Crippen molar-refractivity contribution in [3.8, 4) is 0 Å². The molecule has 2 N–H and O–H groups in total. The largest absolute Gasteiger partial charge is 0.391 e. The van der Waals surface area contributed by atoms with Crippen LogP contribution in [0.3, 0.4) is 0 Å². The van der Waals surface area contributed by atoms with Gasteiger partial charge >= 0.3 is 0 Å². The molecule has 5 heteroatoms. The van der Waals surface area contributed by atoms with Gasteiger partial charge in [0.05, 0.1) is 11.5 Å². The summed E-state index contributed by atoms with van der Waals surface area (Å²) in [4.78, 5) is 12.4. The molecule has 0 spiro atoms. The molecule has 0 saturated carbocycles. The van der Waals surface area contributed by atoms with Crippen molar-refractivity contribution >= 4 is 16.9 Å². The van der Waals surface area contributed by atoms with Crippen LogP contribution in [0.25, 0.3) is 11.0 Å². The van der Waals surface area contributed by atoms with Gasteiger partial charge in [0.25, 0.3) is 0 Å². The molecule has 18 heavy (non-hydrogen) atoms. The summed E-state index contributed by atoms with van der Waals surface area (Å²) >= 11 is 0. The molecule has 0 radical (unpaired) electrons. The van der Waals surface area contributed by atoms with E-state index in [1.807, 2.05) is 32.9 Å². The molecule has 2 heterocycles. The minimum Gasteiger partial charge on any atom is -0.391 e. The van der Waals surface area contributed by atoms with Gasteiger partial charge < -0.3 is 10.4 Å². The van der Waals surface area contributed by atoms with Gasteiger partial charge in [-0.3, -0.25) is 0 Å². The summed E-state index contributed by atoms with van der Waals surface area (Å²) in [5.74, 6) is 0.705. The fraction of sp³-hybridized carbons (Fsp3) is 0.462. The Morgan fingerprint density at radius 1 is 1.28 bits per heavy atom. The fourth-order valence-electron chi connectivity index (χ4n) is 1.54. The van der Waals surface area contributed by atoms with E-state index < -0.39 is 6.10 Å². The van der Waals surface area contributed by atoms with E-state index in [1.165, 1.54) is 6.33 Å². The standard InChI is InChI=1S/C13H18N4O/c1-13(2,3)10(18)7-15-12-9-5-4-6-14-11(9)16-8-17-12/h4-6,8,10,18H,7H2,1-3H3,(H,14,15,16,17). The van der Waals surface area contributed by atoms with E-state index in [2.05, 4.69) is 20.3 Å². The first kappa shape index (κ1) is 12.7. The van der Waals surface area contributed by atoms with Crippen molar-refractivity contribution in [2.24, 2.45) is 5.41 Å². The van der Waals surface area contributed by atoms with Crippen molar-refractivity contribution in [3.63, 3.8) is 0 Å². The van der Waals surface area contributed by atoms with Crippen molar-refractivity contribution in [1.29, 1.82) is 0 Å². The smallest absolute Gasteiger partial charge is 0.164 e. The minimum absolute atomic E-state index is 0.159. The summed E-state index contributed by atoms with van der Waals surface area (Å²) in [5, 5.41) is 14.0. The first-order valence-electron chi connectivity index (χ1n) is 5.96. The van der Waals surface area contributed by atoms with Crippen LogP contribution in [0.15, 0.2) is 24.7 Å². The molecule has 1 atom stereocenters. The van der Waals surface area contributed by atoms with Crippen molar-refractivity contribution in [2.75, 3.05) is 11.9 Å². The van der Waals surface area contributed by atoms with E-state index in [-0.39, 0.29) is 5.41 Å². The van der Waals surface area contributed by atoms with Gasteiger partial charge in [0.15, 0.2) is 5.65 Å². The second kappa shape index (κ2) is 4.86. The molecule has 0 aliphatic rings. The van der Waals surface area contributed by atoms with Crippen LogP contribution < -0.4 is 5.32 Å². The number of rotatable bonds is 3. The van der Waals surface area contributed by atoms with Crippen LogP contribution in [-0.2, 0) is 0 Å². The number of hydrogen-bond donors (Lipinski definition) is 2. The second-order valence-electron chi connectivity index (χ2n) is 5.36. The summed E-state index contributed by atoms with van der Waals surface area (Å²) in [5.41, 5.74) is 0.494. The number of fused-ring (bicyclic) bond motifs is 1. The molecule has 2 rings (SSSR count). The summed E-state index contributed by atoms with van der Waals surface area (Å²) in [6.45, 7) is 6.45. The van der Waals surface area contributed by atoms with E-state index in [4.69, 9.17) is 0 Å². The molecule has 2 aromatic rings. The van der Waals surface area contributed by atoms with Gasteiger partial charge in [-0.15, -0.1) is 0 Å². The van der Waals surface area contributed by atoms with Crippen molar-refractivity contribution in [3.05, 3.63) is 24.7 Å². The lowest BCUT2D eigenvalue weighted by Crippen LogP contribution is -2.33. The van der Waals surface area contributed by atoms with Crippen molar-refractivity contribution in [2.45, 2.75) is 26.9 Å². The lowest BCUT2D eigenvalue weighted by Gasteiger charge is -2.26. The van der Waals surface area contributed by atoms with E-state index in [0.717, 1.165) is 5.39 Å². The average molecular weight is 246 g/mol. The van der Waals surface area contributed by atoms with Gasteiger partial charge in [0, 0.05) is 12.7 Å². The highest BCUT2D eigenvalue weighted by Gasteiger charge is 2.21. The maximum Gasteiger partial charge on any atom is 0.164 e. The van der Waals surface area contributed by atoms with E-state index in [0.29, 0.717) is 18.0 Å². The highest BCUT2D eigenvalue weighted by atomic mass is 16.3. The number of nitrogens with zero attached hydrogens (tertiary/aromatic N) is 3. The summed E-state index contributed by atoms with van der Waals surface area (Å²) in [6, 6.07) is 3.76. The van der Waals surface area contributed by atoms with Crippen LogP contribution in [-0.4, -0.2) is 32.7 Å². The molecule has 1 unspecified atom stereocenters. The second-order valence-corrected chi connectivity index (χ2v) is 5.36. The van der Waals surface area contributed by atoms with Crippen LogP contribution in [0.4, 0.5) is 5.82 Å². The molecule has 96 valence electrons. The average Bonchev–Trinajstić information content (AvgIpc) is 2.34. The minimum atomic E-state index is -0.445. The van der Waals surface area contributed by atoms with Crippen LogP contribution in [0.5, 0.6) is 0 Å². The zero-order valence-electron chi connectivity index (χ0n) is 10.9. The fourth-order valence-corrected chi connectivity index (χ4v) is 1.54. The molecule has 0 bridgehead atoms. The lowest BCUT2D eigenvalue weighted by molar-refractivity contribution is 0.0745. The molecular formula is C13H18N4O. The summed E-state index contributed by atoms with van der Waals surface area (Å²) < 4.78 is 0. The van der Waals surface area contributed by atoms with Gasteiger partial charge in [-0.2, -0.15) is 0 Å². The normalized spacial score (nSPS) is 13.6. The summed E-state index contributed by atoms with van der Waals surface area (Å²) in [7, 11) is 0. The quantitative estimate of drug-likeness (QED) is 0.864. The Bertz CT molecular complexity index is 530. The van der Waals surface area contributed by atoms with Crippen LogP contribution in [0.2, 0.25) is 0 Å². The Labute approximate surface area is 106 Å². The van der Waals surface area contributed by atoms with Crippen LogP contribution >= 0.6 is 0 Å². The number of anilines is 1. The SMILES string of the molecule is CC(C)(C)C(O)CNc1ncnc2ncccc12. The number of aromatic nitrogens is 3. The van der Waals surface area contributed by atoms with Gasteiger partial charge in [-0.1, -0.05) is 20.8 Å². The van der Waals surface area contributed by atoms with Gasteiger partial charge in [0.1, 0.15) is 12.1 Å². The van der Waals surface area contributed by atoms with Crippen LogP contribution in [0, 0.1) is 5.41 Å². The van der Waals surface area contributed by atoms with Crippen molar-refractivity contribution in [1.82, 2.24) is 15.0 Å². The van der Waals surface area contributed by atoms with Gasteiger partial charge in [0.2, 0.25) is 0 Å².